The lowest BCUT2D eigenvalue weighted by Gasteiger charge is -2.02. The Hall–Kier alpha value is 0.130. The van der Waals surface area contributed by atoms with Crippen molar-refractivity contribution in [1.29, 1.82) is 0 Å². The summed E-state index contributed by atoms with van der Waals surface area (Å²) in [6.07, 6.45) is 0. The van der Waals surface area contributed by atoms with Gasteiger partial charge in [0.15, 0.2) is 5.82 Å². The number of benzene rings is 1. The van der Waals surface area contributed by atoms with Crippen molar-refractivity contribution < 1.29 is 13.2 Å². The average molecular weight is 277 g/mol. The van der Waals surface area contributed by atoms with Crippen molar-refractivity contribution >= 4 is 37.6 Å². The first kappa shape index (κ1) is 10.2. The quantitative estimate of drug-likeness (QED) is 0.550. The summed E-state index contributed by atoms with van der Waals surface area (Å²) in [5.41, 5.74) is 0. The maximum Gasteiger partial charge on any atom is 0.158 e. The monoisotopic (exact) mass is 276 g/mol. The molecule has 0 aliphatic carbocycles. The second kappa shape index (κ2) is 3.89. The van der Waals surface area contributed by atoms with E-state index < -0.39 is 26.8 Å². The summed E-state index contributed by atoms with van der Waals surface area (Å²) in [5.74, 6) is -3.01. The van der Waals surface area contributed by atoms with Gasteiger partial charge in [-0.25, -0.2) is 13.2 Å². The smallest absolute Gasteiger partial charge is 0.158 e. The van der Waals surface area contributed by atoms with Crippen LogP contribution in [0, 0.1) is 17.5 Å². The van der Waals surface area contributed by atoms with E-state index in [4.69, 9.17) is 10.7 Å². The summed E-state index contributed by atoms with van der Waals surface area (Å²) in [4.78, 5) is -0.412. The van der Waals surface area contributed by atoms with Gasteiger partial charge in [-0.05, 0) is 37.6 Å². The third-order valence-corrected chi connectivity index (χ3v) is 2.87. The van der Waals surface area contributed by atoms with Crippen molar-refractivity contribution in [2.45, 2.75) is 4.90 Å². The molecule has 0 atom stereocenters. The molecule has 0 bridgehead atoms. The van der Waals surface area contributed by atoms with E-state index >= 15 is 0 Å². The molecule has 0 saturated heterocycles. The van der Waals surface area contributed by atoms with Gasteiger partial charge < -0.3 is 0 Å². The lowest BCUT2D eigenvalue weighted by molar-refractivity contribution is 0.503. The normalized spacial score (nSPS) is 10.4. The lowest BCUT2D eigenvalue weighted by Crippen LogP contribution is -1.91. The van der Waals surface area contributed by atoms with Crippen LogP contribution < -0.4 is 0 Å². The van der Waals surface area contributed by atoms with Crippen LogP contribution in [0.2, 0.25) is 0 Å². The Bertz CT molecular complexity index is 318. The van der Waals surface area contributed by atoms with Crippen LogP contribution in [0.1, 0.15) is 0 Å². The minimum atomic E-state index is -1.02. The van der Waals surface area contributed by atoms with Crippen LogP contribution in [0.5, 0.6) is 0 Å². The van der Waals surface area contributed by atoms with Gasteiger partial charge in [0, 0.05) is 6.07 Å². The summed E-state index contributed by atoms with van der Waals surface area (Å²) < 4.78 is 37.7. The van der Waals surface area contributed by atoms with Gasteiger partial charge in [0.1, 0.15) is 11.6 Å². The largest absolute Gasteiger partial charge is 0.206 e. The van der Waals surface area contributed by atoms with Crippen LogP contribution in [0.15, 0.2) is 15.4 Å². The molecule has 1 rings (SSSR count). The summed E-state index contributed by atoms with van der Waals surface area (Å²) in [6.45, 7) is 0. The summed E-state index contributed by atoms with van der Waals surface area (Å²) in [6, 6.07) is 0.567. The molecule has 0 aromatic heterocycles. The Balaban J connectivity index is 3.40. The van der Waals surface area contributed by atoms with E-state index in [-0.39, 0.29) is 0 Å². The topological polar surface area (TPSA) is 0 Å². The molecule has 6 heteroatoms. The molecule has 1 aromatic carbocycles. The molecule has 12 heavy (non-hydrogen) atoms. The van der Waals surface area contributed by atoms with Crippen LogP contribution in [0.4, 0.5) is 13.2 Å². The molecular formula is C6HBrClF3S. The Morgan fingerprint density at radius 1 is 1.25 bits per heavy atom. The van der Waals surface area contributed by atoms with E-state index in [0.29, 0.717) is 17.0 Å². The fourth-order valence-electron chi connectivity index (χ4n) is 0.620. The van der Waals surface area contributed by atoms with E-state index in [9.17, 15) is 13.2 Å². The number of hydrogen-bond acceptors (Lipinski definition) is 1. The van der Waals surface area contributed by atoms with Gasteiger partial charge >= 0.3 is 0 Å². The number of hydrogen-bond donors (Lipinski definition) is 0. The Labute approximate surface area is 83.7 Å². The molecule has 0 fully saturated rings. The predicted molar refractivity (Wildman–Crippen MR) is 45.7 cm³/mol. The van der Waals surface area contributed by atoms with Crippen molar-refractivity contribution in [1.82, 2.24) is 0 Å². The van der Waals surface area contributed by atoms with Crippen LogP contribution in [-0.2, 0) is 0 Å². The number of halogens is 5. The van der Waals surface area contributed by atoms with Gasteiger partial charge in [-0.1, -0.05) is 0 Å². The van der Waals surface area contributed by atoms with Crippen LogP contribution in [-0.4, -0.2) is 0 Å². The van der Waals surface area contributed by atoms with Crippen LogP contribution in [0.25, 0.3) is 0 Å². The molecule has 0 radical (unpaired) electrons. The zero-order chi connectivity index (χ0) is 9.30. The maximum atomic E-state index is 12.9. The summed E-state index contributed by atoms with van der Waals surface area (Å²) in [5, 5.41) is 0. The molecule has 0 spiro atoms. The zero-order valence-electron chi connectivity index (χ0n) is 5.38. The minimum Gasteiger partial charge on any atom is -0.206 e. The Morgan fingerprint density at radius 3 is 2.33 bits per heavy atom. The fourth-order valence-corrected chi connectivity index (χ4v) is 1.79. The van der Waals surface area contributed by atoms with E-state index in [1.54, 1.807) is 0 Å². The molecule has 0 aliphatic rings. The summed E-state index contributed by atoms with van der Waals surface area (Å²) in [7, 11) is 5.53. The van der Waals surface area contributed by atoms with Gasteiger partial charge in [0.05, 0.1) is 9.37 Å². The molecule has 0 N–H and O–H groups in total. The van der Waals surface area contributed by atoms with Crippen molar-refractivity contribution in [3.05, 3.63) is 28.0 Å². The fraction of sp³-hybridized carbons (Fsp3) is 0. The van der Waals surface area contributed by atoms with Crippen molar-refractivity contribution in [3.63, 3.8) is 0 Å². The Kier molecular flexibility index (Phi) is 3.31. The molecular weight excluding hydrogens is 276 g/mol. The molecule has 0 aliphatic heterocycles. The van der Waals surface area contributed by atoms with Crippen molar-refractivity contribution in [2.75, 3.05) is 0 Å². The van der Waals surface area contributed by atoms with E-state index in [0.717, 1.165) is 0 Å². The van der Waals surface area contributed by atoms with Gasteiger partial charge in [-0.3, -0.25) is 0 Å². The summed E-state index contributed by atoms with van der Waals surface area (Å²) >= 11 is 2.62. The molecule has 0 unspecified atom stereocenters. The number of rotatable bonds is 1. The lowest BCUT2D eigenvalue weighted by atomic mass is 10.3. The van der Waals surface area contributed by atoms with Gasteiger partial charge in [-0.2, -0.15) is 0 Å². The standard InChI is InChI=1S/C6HBrClF3S/c7-4-2(9)1-3(10)6(12-8)5(4)11/h1H. The second-order valence-corrected chi connectivity index (χ2v) is 3.69. The average Bonchev–Trinajstić information content (AvgIpc) is 2.01. The first-order chi connectivity index (χ1) is 5.57. The second-order valence-electron chi connectivity index (χ2n) is 1.87. The van der Waals surface area contributed by atoms with E-state index in [1.807, 2.05) is 0 Å². The molecule has 0 saturated carbocycles. The first-order valence-corrected chi connectivity index (χ1v) is 5.13. The molecule has 0 amide bonds. The minimum absolute atomic E-state index is 0.370. The molecule has 0 heterocycles. The maximum absolute atomic E-state index is 12.9. The predicted octanol–water partition coefficient (Wildman–Crippen LogP) is 4.11. The van der Waals surface area contributed by atoms with Crippen LogP contribution in [0.3, 0.4) is 0 Å². The highest BCUT2D eigenvalue weighted by Gasteiger charge is 2.16. The van der Waals surface area contributed by atoms with Crippen molar-refractivity contribution in [3.8, 4) is 0 Å². The third kappa shape index (κ3) is 1.72. The highest BCUT2D eigenvalue weighted by Crippen LogP contribution is 2.33. The van der Waals surface area contributed by atoms with Crippen LogP contribution >= 0.6 is 37.6 Å². The molecule has 1 aromatic rings. The van der Waals surface area contributed by atoms with E-state index in [2.05, 4.69) is 15.9 Å². The van der Waals surface area contributed by atoms with E-state index in [1.165, 1.54) is 0 Å². The SMILES string of the molecule is Fc1cc(F)c(SCl)c(F)c1Br. The highest BCUT2D eigenvalue weighted by molar-refractivity contribution is 9.10. The molecule has 66 valence electrons. The van der Waals surface area contributed by atoms with Gasteiger partial charge in [0.25, 0.3) is 0 Å². The molecule has 0 nitrogen and oxygen atoms in total. The zero-order valence-corrected chi connectivity index (χ0v) is 8.53. The third-order valence-electron chi connectivity index (χ3n) is 1.15. The van der Waals surface area contributed by atoms with Gasteiger partial charge in [0.2, 0.25) is 0 Å². The highest BCUT2D eigenvalue weighted by atomic mass is 79.9. The first-order valence-electron chi connectivity index (χ1n) is 2.69. The van der Waals surface area contributed by atoms with Crippen molar-refractivity contribution in [2.24, 2.45) is 0 Å². The Morgan fingerprint density at radius 2 is 1.83 bits per heavy atom. The van der Waals surface area contributed by atoms with Gasteiger partial charge in [-0.15, -0.1) is 0 Å².